The van der Waals surface area contributed by atoms with E-state index in [4.69, 9.17) is 9.47 Å². The van der Waals surface area contributed by atoms with Gasteiger partial charge < -0.3 is 9.47 Å². The zero-order valence-electron chi connectivity index (χ0n) is 14.1. The summed E-state index contributed by atoms with van der Waals surface area (Å²) in [5.41, 5.74) is 1.17. The van der Waals surface area contributed by atoms with Gasteiger partial charge in [0, 0.05) is 25.2 Å². The zero-order valence-corrected chi connectivity index (χ0v) is 15.0. The minimum atomic E-state index is -3.16. The predicted octanol–water partition coefficient (Wildman–Crippen LogP) is 1.83. The molecule has 1 aromatic carbocycles. The minimum absolute atomic E-state index is 0.0976. The van der Waals surface area contributed by atoms with Crippen LogP contribution in [-0.2, 0) is 10.0 Å². The van der Waals surface area contributed by atoms with Crippen LogP contribution in [0.25, 0.3) is 0 Å². The van der Waals surface area contributed by atoms with Gasteiger partial charge in [-0.2, -0.15) is 4.31 Å². The van der Waals surface area contributed by atoms with E-state index in [1.807, 2.05) is 12.1 Å². The number of hydrogen-bond donors (Lipinski definition) is 0. The molecule has 4 rings (SSSR count). The van der Waals surface area contributed by atoms with E-state index in [2.05, 4.69) is 18.0 Å². The monoisotopic (exact) mass is 352 g/mol. The lowest BCUT2D eigenvalue weighted by Gasteiger charge is -2.48. The highest BCUT2D eigenvalue weighted by atomic mass is 32.2. The van der Waals surface area contributed by atoms with E-state index in [0.717, 1.165) is 37.3 Å². The Bertz CT molecular complexity index is 736. The molecule has 3 atom stereocenters. The normalized spacial score (nSPS) is 31.0. The quantitative estimate of drug-likeness (QED) is 0.813. The Labute approximate surface area is 143 Å². The maximum Gasteiger partial charge on any atom is 0.231 e. The van der Waals surface area contributed by atoms with Crippen LogP contribution in [0.4, 0.5) is 0 Å². The molecule has 0 saturated carbocycles. The molecule has 3 heterocycles. The summed E-state index contributed by atoms with van der Waals surface area (Å²) in [4.78, 5) is 2.35. The number of piperidine rings is 2. The van der Waals surface area contributed by atoms with E-state index in [-0.39, 0.29) is 18.9 Å². The summed E-state index contributed by atoms with van der Waals surface area (Å²) in [5, 5.41) is 0. The summed E-state index contributed by atoms with van der Waals surface area (Å²) in [6.45, 7) is 1.85. The van der Waals surface area contributed by atoms with Crippen molar-refractivity contribution in [1.29, 1.82) is 0 Å². The molecule has 132 valence electrons. The van der Waals surface area contributed by atoms with Crippen LogP contribution in [0.1, 0.15) is 30.9 Å². The lowest BCUT2D eigenvalue weighted by Crippen LogP contribution is -2.55. The molecule has 0 radical (unpaired) electrons. The van der Waals surface area contributed by atoms with Gasteiger partial charge in [0.2, 0.25) is 16.8 Å². The first-order valence-electron chi connectivity index (χ1n) is 8.50. The minimum Gasteiger partial charge on any atom is -0.454 e. The van der Waals surface area contributed by atoms with Crippen molar-refractivity contribution >= 4 is 10.0 Å². The van der Waals surface area contributed by atoms with Gasteiger partial charge in [0.1, 0.15) is 0 Å². The third-order valence-electron chi connectivity index (χ3n) is 5.59. The van der Waals surface area contributed by atoms with Gasteiger partial charge in [0.05, 0.1) is 6.26 Å². The van der Waals surface area contributed by atoms with Crippen LogP contribution in [-0.4, -0.2) is 56.9 Å². The van der Waals surface area contributed by atoms with Crippen molar-refractivity contribution in [2.75, 3.05) is 33.2 Å². The van der Waals surface area contributed by atoms with Gasteiger partial charge in [-0.1, -0.05) is 6.07 Å². The van der Waals surface area contributed by atoms with Crippen LogP contribution < -0.4 is 9.47 Å². The first-order valence-corrected chi connectivity index (χ1v) is 10.3. The van der Waals surface area contributed by atoms with Crippen molar-refractivity contribution in [1.82, 2.24) is 9.21 Å². The van der Waals surface area contributed by atoms with Gasteiger partial charge in [0.25, 0.3) is 0 Å². The van der Waals surface area contributed by atoms with E-state index in [9.17, 15) is 8.42 Å². The van der Waals surface area contributed by atoms with Crippen molar-refractivity contribution < 1.29 is 17.9 Å². The van der Waals surface area contributed by atoms with E-state index in [0.29, 0.717) is 12.5 Å². The summed E-state index contributed by atoms with van der Waals surface area (Å²) in [6.07, 6.45) is 4.23. The average Bonchev–Trinajstić information content (AvgIpc) is 3.00. The van der Waals surface area contributed by atoms with Gasteiger partial charge in [-0.25, -0.2) is 8.42 Å². The van der Waals surface area contributed by atoms with Crippen LogP contribution >= 0.6 is 0 Å². The molecule has 2 fully saturated rings. The molecule has 6 nitrogen and oxygen atoms in total. The van der Waals surface area contributed by atoms with Crippen molar-refractivity contribution in [2.45, 2.75) is 31.3 Å². The van der Waals surface area contributed by atoms with Crippen molar-refractivity contribution in [3.8, 4) is 11.5 Å². The second-order valence-corrected chi connectivity index (χ2v) is 9.08. The maximum absolute atomic E-state index is 12.2. The molecule has 24 heavy (non-hydrogen) atoms. The summed E-state index contributed by atoms with van der Waals surface area (Å²) >= 11 is 0. The smallest absolute Gasteiger partial charge is 0.231 e. The lowest BCUT2D eigenvalue weighted by molar-refractivity contribution is 0.0427. The van der Waals surface area contributed by atoms with Gasteiger partial charge in [-0.05, 0) is 49.9 Å². The largest absolute Gasteiger partial charge is 0.454 e. The van der Waals surface area contributed by atoms with E-state index in [1.165, 1.54) is 11.8 Å². The molecule has 0 bridgehead atoms. The van der Waals surface area contributed by atoms with Crippen LogP contribution in [0.15, 0.2) is 18.2 Å². The first kappa shape index (κ1) is 16.2. The number of benzene rings is 1. The van der Waals surface area contributed by atoms with Crippen molar-refractivity contribution in [2.24, 2.45) is 5.92 Å². The molecule has 0 amide bonds. The Balaban J connectivity index is 1.63. The second kappa shape index (κ2) is 5.89. The fourth-order valence-electron chi connectivity index (χ4n) is 4.45. The Morgan fingerprint density at radius 1 is 1.21 bits per heavy atom. The van der Waals surface area contributed by atoms with Gasteiger partial charge >= 0.3 is 0 Å². The molecule has 3 aliphatic rings. The number of hydrogen-bond acceptors (Lipinski definition) is 5. The molecule has 0 aromatic heterocycles. The average molecular weight is 352 g/mol. The summed E-state index contributed by atoms with van der Waals surface area (Å²) in [6, 6.07) is 6.36. The van der Waals surface area contributed by atoms with Crippen LogP contribution in [0.2, 0.25) is 0 Å². The number of likely N-dealkylation sites (tertiary alicyclic amines) is 1. The fraction of sp³-hybridized carbons (Fsp3) is 0.647. The highest BCUT2D eigenvalue weighted by Gasteiger charge is 2.42. The first-order chi connectivity index (χ1) is 11.4. The summed E-state index contributed by atoms with van der Waals surface area (Å²) < 4.78 is 37.0. The Morgan fingerprint density at radius 3 is 2.79 bits per heavy atom. The van der Waals surface area contributed by atoms with Gasteiger partial charge in [0.15, 0.2) is 11.5 Å². The third kappa shape index (κ3) is 2.78. The predicted molar refractivity (Wildman–Crippen MR) is 90.6 cm³/mol. The second-order valence-electron chi connectivity index (χ2n) is 7.15. The molecule has 3 aliphatic heterocycles. The van der Waals surface area contributed by atoms with E-state index >= 15 is 0 Å². The molecule has 0 spiro atoms. The number of sulfonamides is 1. The number of ether oxygens (including phenoxy) is 2. The van der Waals surface area contributed by atoms with E-state index in [1.54, 1.807) is 4.31 Å². The van der Waals surface area contributed by atoms with Crippen LogP contribution in [0.3, 0.4) is 0 Å². The Hall–Kier alpha value is -1.31. The van der Waals surface area contributed by atoms with Gasteiger partial charge in [-0.3, -0.25) is 4.90 Å². The maximum atomic E-state index is 12.2. The SMILES string of the molecule is CN1C[C@H]2CCCN(S(C)(=O)=O)[C@H]2C[C@H]1c1ccc2c(c1)OCO2. The van der Waals surface area contributed by atoms with E-state index < -0.39 is 10.0 Å². The molecule has 0 N–H and O–H groups in total. The Kier molecular flexibility index (Phi) is 3.97. The number of nitrogens with zero attached hydrogens (tertiary/aromatic N) is 2. The topological polar surface area (TPSA) is 59.1 Å². The molecule has 0 aliphatic carbocycles. The molecule has 0 unspecified atom stereocenters. The third-order valence-corrected chi connectivity index (χ3v) is 6.90. The van der Waals surface area contributed by atoms with Crippen molar-refractivity contribution in [3.63, 3.8) is 0 Å². The summed E-state index contributed by atoms with van der Waals surface area (Å²) in [5.74, 6) is 1.99. The van der Waals surface area contributed by atoms with Gasteiger partial charge in [-0.15, -0.1) is 0 Å². The fourth-order valence-corrected chi connectivity index (χ4v) is 5.67. The standard InChI is InChI=1S/C17H24N2O4S/c1-18-10-13-4-3-7-19(24(2,20)21)15(13)9-14(18)12-5-6-16-17(8-12)23-11-22-16/h5-6,8,13-15H,3-4,7,9-11H2,1-2H3/t13-,14+,15+/m1/s1. The van der Waals surface area contributed by atoms with Crippen molar-refractivity contribution in [3.05, 3.63) is 23.8 Å². The zero-order chi connectivity index (χ0) is 16.9. The van der Waals surface area contributed by atoms with Crippen LogP contribution in [0, 0.1) is 5.92 Å². The lowest BCUT2D eigenvalue weighted by atomic mass is 9.80. The molecular weight excluding hydrogens is 328 g/mol. The summed E-state index contributed by atoms with van der Waals surface area (Å²) in [7, 11) is -1.03. The molecule has 7 heteroatoms. The highest BCUT2D eigenvalue weighted by molar-refractivity contribution is 7.88. The molecular formula is C17H24N2O4S. The number of rotatable bonds is 2. The molecule has 1 aromatic rings. The van der Waals surface area contributed by atoms with Crippen LogP contribution in [0.5, 0.6) is 11.5 Å². The number of fused-ring (bicyclic) bond motifs is 2. The highest BCUT2D eigenvalue weighted by Crippen LogP contribution is 2.42. The molecule has 2 saturated heterocycles. The Morgan fingerprint density at radius 2 is 2.00 bits per heavy atom.